The number of carbonyl (C=O) groups is 1. The molecule has 1 atom stereocenters. The van der Waals surface area contributed by atoms with Gasteiger partial charge in [-0.1, -0.05) is 20.8 Å². The van der Waals surface area contributed by atoms with Gasteiger partial charge < -0.3 is 16.0 Å². The summed E-state index contributed by atoms with van der Waals surface area (Å²) in [6.45, 7) is 14.5. The second kappa shape index (κ2) is 9.61. The first-order valence-corrected chi connectivity index (χ1v) is 7.54. The number of nitrogens with zero attached hydrogens (tertiary/aromatic N) is 1. The lowest BCUT2D eigenvalue weighted by molar-refractivity contribution is -0.118. The highest BCUT2D eigenvalue weighted by Gasteiger charge is 2.13. The molecular weight excluding hydrogens is 252 g/mol. The largest absolute Gasteiger partial charge is 0.357 e. The first-order valence-electron chi connectivity index (χ1n) is 7.54. The van der Waals surface area contributed by atoms with Crippen molar-refractivity contribution in [3.8, 4) is 0 Å². The first kappa shape index (κ1) is 18.7. The number of amides is 1. The van der Waals surface area contributed by atoms with Crippen molar-refractivity contribution in [3.63, 3.8) is 0 Å². The maximum absolute atomic E-state index is 10.8. The molecule has 20 heavy (non-hydrogen) atoms. The van der Waals surface area contributed by atoms with Gasteiger partial charge in [0.05, 0.1) is 6.54 Å². The SMILES string of the molecule is CCNC(=NCCNC(C)=O)NC(C)CCC(C)(C)C. The normalized spacial score (nSPS) is 13.8. The van der Waals surface area contributed by atoms with Crippen LogP contribution in [0, 0.1) is 5.41 Å². The van der Waals surface area contributed by atoms with Crippen molar-refractivity contribution in [2.45, 2.75) is 60.4 Å². The van der Waals surface area contributed by atoms with E-state index in [4.69, 9.17) is 0 Å². The van der Waals surface area contributed by atoms with Gasteiger partial charge in [0.1, 0.15) is 0 Å². The molecule has 0 aliphatic rings. The van der Waals surface area contributed by atoms with E-state index in [2.05, 4.69) is 48.6 Å². The van der Waals surface area contributed by atoms with Gasteiger partial charge in [-0.05, 0) is 32.1 Å². The molecule has 118 valence electrons. The zero-order valence-corrected chi connectivity index (χ0v) is 14.0. The summed E-state index contributed by atoms with van der Waals surface area (Å²) in [5.74, 6) is 0.802. The maximum Gasteiger partial charge on any atom is 0.216 e. The van der Waals surface area contributed by atoms with Crippen LogP contribution in [0.25, 0.3) is 0 Å². The molecule has 1 amide bonds. The van der Waals surface area contributed by atoms with Crippen molar-refractivity contribution in [1.29, 1.82) is 0 Å². The monoisotopic (exact) mass is 284 g/mol. The Morgan fingerprint density at radius 3 is 2.40 bits per heavy atom. The van der Waals surface area contributed by atoms with E-state index in [0.29, 0.717) is 24.5 Å². The van der Waals surface area contributed by atoms with Crippen LogP contribution < -0.4 is 16.0 Å². The van der Waals surface area contributed by atoms with Crippen LogP contribution in [0.15, 0.2) is 4.99 Å². The van der Waals surface area contributed by atoms with Crippen LogP contribution in [0.3, 0.4) is 0 Å². The lowest BCUT2D eigenvalue weighted by atomic mass is 9.89. The molecule has 5 nitrogen and oxygen atoms in total. The van der Waals surface area contributed by atoms with Crippen molar-refractivity contribution >= 4 is 11.9 Å². The highest BCUT2D eigenvalue weighted by Crippen LogP contribution is 2.21. The Morgan fingerprint density at radius 1 is 1.25 bits per heavy atom. The van der Waals surface area contributed by atoms with Crippen molar-refractivity contribution in [2.24, 2.45) is 10.4 Å². The highest BCUT2D eigenvalue weighted by atomic mass is 16.1. The second-order valence-corrected chi connectivity index (χ2v) is 6.39. The molecule has 0 spiro atoms. The average molecular weight is 284 g/mol. The molecule has 0 aliphatic carbocycles. The van der Waals surface area contributed by atoms with Crippen LogP contribution in [0.1, 0.15) is 54.4 Å². The molecule has 0 aromatic rings. The van der Waals surface area contributed by atoms with Crippen molar-refractivity contribution in [2.75, 3.05) is 19.6 Å². The molecule has 0 fully saturated rings. The first-order chi connectivity index (χ1) is 9.24. The molecule has 0 radical (unpaired) electrons. The Balaban J connectivity index is 4.16. The summed E-state index contributed by atoms with van der Waals surface area (Å²) >= 11 is 0. The fourth-order valence-corrected chi connectivity index (χ4v) is 1.67. The summed E-state index contributed by atoms with van der Waals surface area (Å²) in [6, 6.07) is 0.382. The summed E-state index contributed by atoms with van der Waals surface area (Å²) in [5.41, 5.74) is 0.358. The average Bonchev–Trinajstić information content (AvgIpc) is 2.31. The predicted octanol–water partition coefficient (Wildman–Crippen LogP) is 1.89. The number of rotatable bonds is 7. The van der Waals surface area contributed by atoms with Gasteiger partial charge in [0.25, 0.3) is 0 Å². The van der Waals surface area contributed by atoms with Crippen LogP contribution >= 0.6 is 0 Å². The minimum absolute atomic E-state index is 0.0169. The Hall–Kier alpha value is -1.26. The molecule has 0 rings (SSSR count). The fraction of sp³-hybridized carbons (Fsp3) is 0.867. The third kappa shape index (κ3) is 11.8. The Morgan fingerprint density at radius 2 is 1.90 bits per heavy atom. The molecule has 0 aliphatic heterocycles. The number of hydrogen-bond donors (Lipinski definition) is 3. The van der Waals surface area contributed by atoms with Gasteiger partial charge in [0.2, 0.25) is 5.91 Å². The van der Waals surface area contributed by atoms with E-state index in [9.17, 15) is 4.79 Å². The number of guanidine groups is 1. The van der Waals surface area contributed by atoms with E-state index in [1.807, 2.05) is 6.92 Å². The number of hydrogen-bond acceptors (Lipinski definition) is 2. The molecule has 0 bridgehead atoms. The predicted molar refractivity (Wildman–Crippen MR) is 85.9 cm³/mol. The topological polar surface area (TPSA) is 65.5 Å². The lowest BCUT2D eigenvalue weighted by Gasteiger charge is -2.23. The zero-order valence-electron chi connectivity index (χ0n) is 14.0. The van der Waals surface area contributed by atoms with Gasteiger partial charge in [0.15, 0.2) is 5.96 Å². The standard InChI is InChI=1S/C15H32N4O/c1-7-16-14(18-11-10-17-13(3)20)19-12(2)8-9-15(4,5)6/h12H,7-11H2,1-6H3,(H,17,20)(H2,16,18,19). The molecule has 5 heteroatoms. The molecule has 1 unspecified atom stereocenters. The summed E-state index contributed by atoms with van der Waals surface area (Å²) in [5, 5.41) is 9.37. The molecule has 0 saturated carbocycles. The minimum Gasteiger partial charge on any atom is -0.357 e. The van der Waals surface area contributed by atoms with Crippen LogP contribution in [0.2, 0.25) is 0 Å². The van der Waals surface area contributed by atoms with Crippen LogP contribution in [0.4, 0.5) is 0 Å². The fourth-order valence-electron chi connectivity index (χ4n) is 1.67. The van der Waals surface area contributed by atoms with Crippen molar-refractivity contribution in [3.05, 3.63) is 0 Å². The smallest absolute Gasteiger partial charge is 0.216 e. The van der Waals surface area contributed by atoms with Gasteiger partial charge in [-0.15, -0.1) is 0 Å². The third-order valence-corrected chi connectivity index (χ3v) is 2.81. The Labute approximate surface area is 124 Å². The van der Waals surface area contributed by atoms with Gasteiger partial charge >= 0.3 is 0 Å². The van der Waals surface area contributed by atoms with E-state index in [1.165, 1.54) is 13.3 Å². The quantitative estimate of drug-likeness (QED) is 0.380. The van der Waals surface area contributed by atoms with E-state index < -0.39 is 0 Å². The number of carbonyl (C=O) groups excluding carboxylic acids is 1. The van der Waals surface area contributed by atoms with E-state index in [0.717, 1.165) is 18.9 Å². The van der Waals surface area contributed by atoms with Crippen molar-refractivity contribution in [1.82, 2.24) is 16.0 Å². The van der Waals surface area contributed by atoms with Gasteiger partial charge in [0, 0.05) is 26.1 Å². The van der Waals surface area contributed by atoms with Gasteiger partial charge in [-0.3, -0.25) is 9.79 Å². The summed E-state index contributed by atoms with van der Waals surface area (Å²) in [7, 11) is 0. The second-order valence-electron chi connectivity index (χ2n) is 6.39. The summed E-state index contributed by atoms with van der Waals surface area (Å²) in [6.07, 6.45) is 2.28. The van der Waals surface area contributed by atoms with Crippen LogP contribution in [-0.4, -0.2) is 37.5 Å². The number of aliphatic imine (C=N–C) groups is 1. The zero-order chi connectivity index (χ0) is 15.6. The highest BCUT2D eigenvalue weighted by molar-refractivity contribution is 5.80. The minimum atomic E-state index is -0.0169. The number of nitrogens with one attached hydrogen (secondary N) is 3. The third-order valence-electron chi connectivity index (χ3n) is 2.81. The van der Waals surface area contributed by atoms with Gasteiger partial charge in [-0.25, -0.2) is 0 Å². The Bertz CT molecular complexity index is 307. The molecule has 0 aromatic heterocycles. The van der Waals surface area contributed by atoms with Gasteiger partial charge in [-0.2, -0.15) is 0 Å². The van der Waals surface area contributed by atoms with Crippen LogP contribution in [-0.2, 0) is 4.79 Å². The van der Waals surface area contributed by atoms with Crippen LogP contribution in [0.5, 0.6) is 0 Å². The molecule has 0 aromatic carbocycles. The molecule has 0 saturated heterocycles. The van der Waals surface area contributed by atoms with E-state index in [1.54, 1.807) is 0 Å². The van der Waals surface area contributed by atoms with E-state index in [-0.39, 0.29) is 5.91 Å². The molecule has 3 N–H and O–H groups in total. The summed E-state index contributed by atoms with van der Waals surface area (Å²) < 4.78 is 0. The Kier molecular flexibility index (Phi) is 9.01. The maximum atomic E-state index is 10.8. The lowest BCUT2D eigenvalue weighted by Crippen LogP contribution is -2.43. The van der Waals surface area contributed by atoms with Crippen molar-refractivity contribution < 1.29 is 4.79 Å². The molecule has 0 heterocycles. The molecular formula is C15H32N4O. The van der Waals surface area contributed by atoms with E-state index >= 15 is 0 Å². The summed E-state index contributed by atoms with van der Waals surface area (Å²) in [4.78, 5) is 15.2.